The Morgan fingerprint density at radius 1 is 1.00 bits per heavy atom. The van der Waals surface area contributed by atoms with Crippen LogP contribution in [0.5, 0.6) is 0 Å². The number of Topliss-reactive ketones (excluding diaryl/α,β-unsaturated/α-hetero) is 1. The molecule has 0 spiro atoms. The summed E-state index contributed by atoms with van der Waals surface area (Å²) in [6.45, 7) is 6.39. The first-order valence-corrected chi connectivity index (χ1v) is 14.0. The zero-order valence-electron chi connectivity index (χ0n) is 21.4. The zero-order chi connectivity index (χ0) is 27.1. The van der Waals surface area contributed by atoms with Crippen LogP contribution in [0.4, 0.5) is 5.69 Å². The van der Waals surface area contributed by atoms with Crippen LogP contribution in [-0.4, -0.2) is 43.2 Å². The van der Waals surface area contributed by atoms with Gasteiger partial charge in [0, 0.05) is 25.0 Å². The second-order valence-electron chi connectivity index (χ2n) is 9.16. The molecule has 0 saturated carbocycles. The summed E-state index contributed by atoms with van der Waals surface area (Å²) in [6, 6.07) is 20.2. The van der Waals surface area contributed by atoms with Crippen molar-refractivity contribution < 1.29 is 18.0 Å². The Morgan fingerprint density at radius 3 is 2.37 bits per heavy atom. The largest absolute Gasteiger partial charge is 0.308 e. The van der Waals surface area contributed by atoms with Crippen LogP contribution in [-0.2, 0) is 26.2 Å². The van der Waals surface area contributed by atoms with E-state index < -0.39 is 15.9 Å². The van der Waals surface area contributed by atoms with Gasteiger partial charge >= 0.3 is 0 Å². The van der Waals surface area contributed by atoms with Crippen LogP contribution >= 0.6 is 0 Å². The molecule has 0 radical (unpaired) electrons. The summed E-state index contributed by atoms with van der Waals surface area (Å²) in [6.07, 6.45) is 5.94. The molecule has 1 amide bonds. The summed E-state index contributed by atoms with van der Waals surface area (Å²) >= 11 is 0. The fourth-order valence-electron chi connectivity index (χ4n) is 4.37. The van der Waals surface area contributed by atoms with Gasteiger partial charge in [-0.05, 0) is 72.5 Å². The van der Waals surface area contributed by atoms with Crippen molar-refractivity contribution in [1.82, 2.24) is 4.31 Å². The third kappa shape index (κ3) is 6.33. The van der Waals surface area contributed by atoms with E-state index in [-0.39, 0.29) is 29.4 Å². The van der Waals surface area contributed by atoms with E-state index >= 15 is 0 Å². The Labute approximate surface area is 223 Å². The van der Waals surface area contributed by atoms with E-state index in [1.54, 1.807) is 31.2 Å². The predicted octanol–water partition coefficient (Wildman–Crippen LogP) is 5.28. The van der Waals surface area contributed by atoms with Gasteiger partial charge in [-0.25, -0.2) is 8.42 Å². The van der Waals surface area contributed by atoms with Gasteiger partial charge in [0.1, 0.15) is 0 Å². The highest BCUT2D eigenvalue weighted by Crippen LogP contribution is 2.26. The summed E-state index contributed by atoms with van der Waals surface area (Å²) in [5.41, 5.74) is 1.62. The first kappa shape index (κ1) is 27.2. The first-order valence-electron chi connectivity index (χ1n) is 12.5. The average Bonchev–Trinajstić information content (AvgIpc) is 3.48. The Bertz CT molecular complexity index is 1500. The number of ketones is 1. The molecular weight excluding hydrogens is 498 g/mol. The van der Waals surface area contributed by atoms with Crippen LogP contribution in [0.15, 0.2) is 102 Å². The van der Waals surface area contributed by atoms with Crippen LogP contribution in [0.3, 0.4) is 0 Å². The molecule has 1 saturated heterocycles. The monoisotopic (exact) mass is 529 g/mol. The highest BCUT2D eigenvalue weighted by molar-refractivity contribution is 7.89. The van der Waals surface area contributed by atoms with Crippen LogP contribution in [0, 0.1) is 0 Å². The van der Waals surface area contributed by atoms with Gasteiger partial charge in [0.25, 0.3) is 0 Å². The predicted molar refractivity (Wildman–Crippen MR) is 152 cm³/mol. The zero-order valence-corrected chi connectivity index (χ0v) is 22.2. The third-order valence-electron chi connectivity index (χ3n) is 6.51. The minimum Gasteiger partial charge on any atom is -0.308 e. The number of carbonyl (C=O) groups excluding carboxylic acids is 2. The molecule has 0 aromatic heterocycles. The van der Waals surface area contributed by atoms with Gasteiger partial charge in [0.15, 0.2) is 5.78 Å². The Morgan fingerprint density at radius 2 is 1.68 bits per heavy atom. The molecule has 1 aliphatic rings. The number of carbonyl (C=O) groups is 2. The lowest BCUT2D eigenvalue weighted by molar-refractivity contribution is -0.123. The number of rotatable bonds is 10. The quantitative estimate of drug-likeness (QED) is 0.203. The van der Waals surface area contributed by atoms with Crippen molar-refractivity contribution in [2.24, 2.45) is 4.99 Å². The van der Waals surface area contributed by atoms with Crippen molar-refractivity contribution in [2.75, 3.05) is 18.0 Å². The van der Waals surface area contributed by atoms with Gasteiger partial charge in [0.05, 0.1) is 23.6 Å². The van der Waals surface area contributed by atoms with Crippen molar-refractivity contribution in [2.45, 2.75) is 37.6 Å². The molecule has 0 aliphatic carbocycles. The first-order chi connectivity index (χ1) is 18.3. The maximum Gasteiger partial charge on any atom is 0.243 e. The number of anilines is 1. The Hall–Kier alpha value is -3.88. The summed E-state index contributed by atoms with van der Waals surface area (Å²) in [5.74, 6) is -0.791. The summed E-state index contributed by atoms with van der Waals surface area (Å²) in [4.78, 5) is 31.9. The smallest absolute Gasteiger partial charge is 0.243 e. The van der Waals surface area contributed by atoms with Crippen molar-refractivity contribution in [3.8, 4) is 0 Å². The molecule has 0 bridgehead atoms. The van der Waals surface area contributed by atoms with Crippen molar-refractivity contribution in [3.63, 3.8) is 0 Å². The van der Waals surface area contributed by atoms with Gasteiger partial charge < -0.3 is 4.90 Å². The fraction of sp³-hybridized carbons (Fsp3) is 0.233. The SMILES string of the molecule is C=C/C=C\N=C(C)C(=O)CC(=O)N(Cc1ccc2ccccc2c1)c1ccc(S(=O)(=O)N2CCCC2)cc1. The molecule has 3 aromatic carbocycles. The van der Waals surface area contributed by atoms with Crippen molar-refractivity contribution in [3.05, 3.63) is 97.2 Å². The fourth-order valence-corrected chi connectivity index (χ4v) is 5.88. The summed E-state index contributed by atoms with van der Waals surface area (Å²) in [5, 5.41) is 2.12. The second-order valence-corrected chi connectivity index (χ2v) is 11.1. The van der Waals surface area contributed by atoms with Crippen LogP contribution in [0.1, 0.15) is 31.7 Å². The summed E-state index contributed by atoms with van der Waals surface area (Å²) in [7, 11) is -3.58. The van der Waals surface area contributed by atoms with E-state index in [2.05, 4.69) is 11.6 Å². The minimum atomic E-state index is -3.58. The van der Waals surface area contributed by atoms with Gasteiger partial charge in [-0.15, -0.1) is 0 Å². The van der Waals surface area contributed by atoms with E-state index in [9.17, 15) is 18.0 Å². The van der Waals surface area contributed by atoms with Crippen LogP contribution in [0.2, 0.25) is 0 Å². The summed E-state index contributed by atoms with van der Waals surface area (Å²) < 4.78 is 27.4. The highest BCUT2D eigenvalue weighted by atomic mass is 32.2. The van der Waals surface area contributed by atoms with E-state index in [4.69, 9.17) is 0 Å². The maximum absolute atomic E-state index is 13.4. The molecule has 1 fully saturated rings. The molecule has 0 atom stereocenters. The number of sulfonamides is 1. The molecular formula is C30H31N3O4S. The number of hydrogen-bond acceptors (Lipinski definition) is 5. The average molecular weight is 530 g/mol. The number of fused-ring (bicyclic) bond motifs is 1. The lowest BCUT2D eigenvalue weighted by Gasteiger charge is -2.24. The highest BCUT2D eigenvalue weighted by Gasteiger charge is 2.28. The Balaban J connectivity index is 1.63. The van der Waals surface area contributed by atoms with Gasteiger partial charge in [0.2, 0.25) is 15.9 Å². The normalized spacial score (nSPS) is 14.7. The van der Waals surface area contributed by atoms with Crippen LogP contribution in [0.25, 0.3) is 10.8 Å². The molecule has 4 rings (SSSR count). The number of aliphatic imine (C=N–C) groups is 1. The number of hydrogen-bond donors (Lipinski definition) is 0. The molecule has 0 N–H and O–H groups in total. The lowest BCUT2D eigenvalue weighted by Crippen LogP contribution is -2.33. The van der Waals surface area contributed by atoms with E-state index in [0.29, 0.717) is 18.8 Å². The van der Waals surface area contributed by atoms with Crippen LogP contribution < -0.4 is 4.90 Å². The molecule has 38 heavy (non-hydrogen) atoms. The minimum absolute atomic E-state index is 0.189. The molecule has 196 valence electrons. The third-order valence-corrected chi connectivity index (χ3v) is 8.43. The lowest BCUT2D eigenvalue weighted by atomic mass is 10.1. The van der Waals surface area contributed by atoms with E-state index in [0.717, 1.165) is 29.2 Å². The standard InChI is InChI=1S/C30H31N3O4S/c1-3-4-17-31-23(2)29(34)21-30(35)33(22-24-11-12-25-9-5-6-10-26(25)20-24)27-13-15-28(16-14-27)38(36,37)32-18-7-8-19-32/h3-6,9-17,20H,1,7-8,18-19,21-22H2,2H3/b17-4-,31-23?. The second kappa shape index (κ2) is 12.1. The van der Waals surface area contributed by atoms with Gasteiger partial charge in [-0.2, -0.15) is 4.31 Å². The van der Waals surface area contributed by atoms with E-state index in [1.807, 2.05) is 42.5 Å². The molecule has 8 heteroatoms. The van der Waals surface area contributed by atoms with E-state index in [1.165, 1.54) is 27.5 Å². The van der Waals surface area contributed by atoms with Gasteiger partial charge in [-0.1, -0.05) is 49.1 Å². The van der Waals surface area contributed by atoms with Crippen molar-refractivity contribution in [1.29, 1.82) is 0 Å². The Kier molecular flexibility index (Phi) is 8.66. The number of allylic oxidation sites excluding steroid dienone is 2. The van der Waals surface area contributed by atoms with Crippen molar-refractivity contribution >= 4 is 43.9 Å². The topological polar surface area (TPSA) is 87.1 Å². The van der Waals surface area contributed by atoms with Gasteiger partial charge in [-0.3, -0.25) is 14.6 Å². The number of amides is 1. The maximum atomic E-state index is 13.4. The molecule has 7 nitrogen and oxygen atoms in total. The number of nitrogens with zero attached hydrogens (tertiary/aromatic N) is 3. The number of benzene rings is 3. The molecule has 0 unspecified atom stereocenters. The molecule has 3 aromatic rings. The molecule has 1 heterocycles. The molecule has 1 aliphatic heterocycles.